The van der Waals surface area contributed by atoms with E-state index in [1.807, 2.05) is 0 Å². The van der Waals surface area contributed by atoms with Crippen LogP contribution in [0.15, 0.2) is 48.5 Å². The normalized spacial score (nSPS) is 12.5. The molecule has 2 atom stereocenters. The molecule has 3 heteroatoms. The maximum absolute atomic E-state index is 2.28. The summed E-state index contributed by atoms with van der Waals surface area (Å²) < 4.78 is 0. The molecule has 0 N–H and O–H groups in total. The van der Waals surface area contributed by atoms with Crippen LogP contribution in [-0.4, -0.2) is 10.3 Å². The first-order valence-corrected chi connectivity index (χ1v) is 9.15. The van der Waals surface area contributed by atoms with E-state index in [0.29, 0.717) is 10.3 Å². The van der Waals surface area contributed by atoms with Gasteiger partial charge in [-0.2, -0.15) is 24.3 Å². The molecule has 0 aromatic heterocycles. The Balaban J connectivity index is 0.000000364. The Morgan fingerprint density at radius 3 is 1.00 bits per heavy atom. The quantitative estimate of drug-likeness (QED) is 0.400. The second-order valence-electron chi connectivity index (χ2n) is 7.10. The van der Waals surface area contributed by atoms with Gasteiger partial charge < -0.3 is 0 Å². The summed E-state index contributed by atoms with van der Waals surface area (Å²) in [5.74, 6) is 0. The zero-order valence-electron chi connectivity index (χ0n) is 14.0. The minimum atomic E-state index is 0. The fourth-order valence-electron chi connectivity index (χ4n) is 1.78. The molecule has 0 nitrogen and oxygen atoms in total. The molecule has 0 amide bonds. The molecule has 0 fully saturated rings. The molecule has 0 aliphatic heterocycles. The molecule has 2 aromatic rings. The van der Waals surface area contributed by atoms with Crippen LogP contribution in [0.4, 0.5) is 0 Å². The van der Waals surface area contributed by atoms with Crippen molar-refractivity contribution < 1.29 is 17.1 Å². The van der Waals surface area contributed by atoms with Gasteiger partial charge in [-0.1, -0.05) is 41.5 Å². The number of hydrogen-bond acceptors (Lipinski definition) is 0. The van der Waals surface area contributed by atoms with E-state index in [0.717, 1.165) is 17.2 Å². The third-order valence-electron chi connectivity index (χ3n) is 2.36. The van der Waals surface area contributed by atoms with E-state index >= 15 is 0 Å². The van der Waals surface area contributed by atoms with Crippen molar-refractivity contribution in [2.45, 2.75) is 51.9 Å². The van der Waals surface area contributed by atoms with Crippen LogP contribution in [0.3, 0.4) is 0 Å². The van der Waals surface area contributed by atoms with E-state index in [1.165, 1.54) is 10.6 Å². The fraction of sp³-hybridized carbons (Fsp3) is 0.444. The second-order valence-corrected chi connectivity index (χ2v) is 11.8. The molecule has 0 heterocycles. The first-order valence-electron chi connectivity index (χ1n) is 7.15. The third-order valence-corrected chi connectivity index (χ3v) is 5.11. The Hall–Kier alpha value is 0.0795. The molecular weight excluding hydrogens is 334 g/mol. The maximum atomic E-state index is 2.28. The van der Waals surface area contributed by atoms with E-state index in [2.05, 4.69) is 90.1 Å². The Labute approximate surface area is 145 Å². The Kier molecular flexibility index (Phi) is 9.31. The smallest absolute Gasteiger partial charge is 0.213 e. The summed E-state index contributed by atoms with van der Waals surface area (Å²) in [7, 11) is 1.88. The van der Waals surface area contributed by atoms with Crippen LogP contribution < -0.4 is 10.6 Å². The SMILES string of the molecule is CC(C)(C)P[c-]1cccc1.CC(C)(C)P[c-]1cccc1.[Fe+2]. The van der Waals surface area contributed by atoms with E-state index in [4.69, 9.17) is 0 Å². The van der Waals surface area contributed by atoms with Crippen LogP contribution in [0.2, 0.25) is 0 Å². The monoisotopic (exact) mass is 362 g/mol. The molecule has 118 valence electrons. The molecule has 2 aromatic carbocycles. The van der Waals surface area contributed by atoms with Crippen molar-refractivity contribution in [1.29, 1.82) is 0 Å². The van der Waals surface area contributed by atoms with Crippen molar-refractivity contribution in [3.63, 3.8) is 0 Å². The molecule has 2 rings (SSSR count). The van der Waals surface area contributed by atoms with Gasteiger partial charge in [0.1, 0.15) is 0 Å². The molecule has 0 saturated carbocycles. The molecular formula is C18H28FeP2. The Bertz CT molecular complexity index is 410. The van der Waals surface area contributed by atoms with Crippen LogP contribution in [-0.2, 0) is 17.1 Å². The summed E-state index contributed by atoms with van der Waals surface area (Å²) in [6.07, 6.45) is 0. The standard InChI is InChI=1S/2C9H14P.Fe/c2*1-9(2,3)10-8-6-4-5-7-8;/h2*4-7,10H,1-3H3;/q2*-1;+2. The van der Waals surface area contributed by atoms with Gasteiger partial charge in [-0.25, -0.2) is 24.3 Å². The van der Waals surface area contributed by atoms with Gasteiger partial charge in [0.05, 0.1) is 0 Å². The van der Waals surface area contributed by atoms with E-state index < -0.39 is 0 Å². The van der Waals surface area contributed by atoms with Gasteiger partial charge in [-0.15, -0.1) is 27.8 Å². The zero-order chi connectivity index (χ0) is 15.2. The molecule has 21 heavy (non-hydrogen) atoms. The fourth-order valence-corrected chi connectivity index (χ4v) is 4.23. The van der Waals surface area contributed by atoms with Crippen molar-refractivity contribution in [3.8, 4) is 0 Å². The molecule has 0 bridgehead atoms. The van der Waals surface area contributed by atoms with Gasteiger partial charge in [0.15, 0.2) is 0 Å². The van der Waals surface area contributed by atoms with Gasteiger partial charge in [0.2, 0.25) is 0 Å². The predicted molar refractivity (Wildman–Crippen MR) is 99.5 cm³/mol. The predicted octanol–water partition coefficient (Wildman–Crippen LogP) is 5.01. The van der Waals surface area contributed by atoms with Crippen LogP contribution in [0.5, 0.6) is 0 Å². The van der Waals surface area contributed by atoms with Crippen LogP contribution in [0.25, 0.3) is 0 Å². The van der Waals surface area contributed by atoms with E-state index in [-0.39, 0.29) is 17.1 Å². The van der Waals surface area contributed by atoms with Crippen molar-refractivity contribution in [3.05, 3.63) is 48.5 Å². The second kappa shape index (κ2) is 9.27. The molecule has 0 aliphatic carbocycles. The number of rotatable bonds is 2. The third kappa shape index (κ3) is 11.3. The first kappa shape index (κ1) is 21.1. The van der Waals surface area contributed by atoms with Crippen molar-refractivity contribution in [2.24, 2.45) is 0 Å². The minimum Gasteiger partial charge on any atom is -0.213 e. The zero-order valence-corrected chi connectivity index (χ0v) is 17.1. The first-order chi connectivity index (χ1) is 9.16. The van der Waals surface area contributed by atoms with E-state index in [1.54, 1.807) is 0 Å². The Morgan fingerprint density at radius 1 is 0.571 bits per heavy atom. The summed E-state index contributed by atoms with van der Waals surface area (Å²) in [4.78, 5) is 0. The van der Waals surface area contributed by atoms with E-state index in [9.17, 15) is 0 Å². The molecule has 0 radical (unpaired) electrons. The topological polar surface area (TPSA) is 0 Å². The Morgan fingerprint density at radius 2 is 0.810 bits per heavy atom. The number of hydrogen-bond donors (Lipinski definition) is 0. The minimum absolute atomic E-state index is 0. The average molecular weight is 362 g/mol. The molecule has 0 spiro atoms. The average Bonchev–Trinajstić information content (AvgIpc) is 2.87. The van der Waals surface area contributed by atoms with Gasteiger partial charge in [-0.3, -0.25) is 0 Å². The van der Waals surface area contributed by atoms with Gasteiger partial charge in [0, 0.05) is 0 Å². The summed E-state index contributed by atoms with van der Waals surface area (Å²) >= 11 is 0. The van der Waals surface area contributed by atoms with Crippen LogP contribution in [0.1, 0.15) is 41.5 Å². The summed E-state index contributed by atoms with van der Waals surface area (Å²) in [5, 5.41) is 3.86. The van der Waals surface area contributed by atoms with Crippen LogP contribution >= 0.6 is 17.2 Å². The van der Waals surface area contributed by atoms with Crippen molar-refractivity contribution in [2.75, 3.05) is 0 Å². The van der Waals surface area contributed by atoms with Gasteiger partial charge >= 0.3 is 17.1 Å². The maximum Gasteiger partial charge on any atom is 2.00 e. The molecule has 0 saturated heterocycles. The van der Waals surface area contributed by atoms with Gasteiger partial charge in [-0.05, 0) is 10.3 Å². The summed E-state index contributed by atoms with van der Waals surface area (Å²) in [6, 6.07) is 17.2. The van der Waals surface area contributed by atoms with Gasteiger partial charge in [0.25, 0.3) is 0 Å². The molecule has 0 aliphatic rings. The van der Waals surface area contributed by atoms with Crippen LogP contribution in [0, 0.1) is 0 Å². The largest absolute Gasteiger partial charge is 2.00 e. The molecule has 2 unspecified atom stereocenters. The van der Waals surface area contributed by atoms with Crippen molar-refractivity contribution >= 4 is 27.8 Å². The summed E-state index contributed by atoms with van der Waals surface area (Å²) in [6.45, 7) is 13.7. The summed E-state index contributed by atoms with van der Waals surface area (Å²) in [5.41, 5.74) is 0. The van der Waals surface area contributed by atoms with Crippen molar-refractivity contribution in [1.82, 2.24) is 0 Å².